The number of aliphatic hydroxyl groups excluding tert-OH is 1. The summed E-state index contributed by atoms with van der Waals surface area (Å²) in [5.41, 5.74) is -1.54. The number of aliphatic hydroxyl groups is 2. The summed E-state index contributed by atoms with van der Waals surface area (Å²) in [6.45, 7) is 0.748. The summed E-state index contributed by atoms with van der Waals surface area (Å²) >= 11 is 0. The first kappa shape index (κ1) is 26.6. The number of nitrogens with zero attached hydrogens (tertiary/aromatic N) is 2. The van der Waals surface area contributed by atoms with Crippen LogP contribution in [0.1, 0.15) is 48.2 Å². The van der Waals surface area contributed by atoms with E-state index >= 15 is 4.39 Å². The van der Waals surface area contributed by atoms with Crippen molar-refractivity contribution in [1.29, 1.82) is 0 Å². The predicted octanol–water partition coefficient (Wildman–Crippen LogP) is 3.61. The first-order chi connectivity index (χ1) is 18.7. The summed E-state index contributed by atoms with van der Waals surface area (Å²) in [5.74, 6) is -3.85. The van der Waals surface area contributed by atoms with E-state index in [1.165, 1.54) is 31.3 Å². The molecule has 204 valence electrons. The Morgan fingerprint density at radius 2 is 2.03 bits per heavy atom. The molecule has 1 amide bonds. The minimum atomic E-state index is -1.78. The Kier molecular flexibility index (Phi) is 7.28. The Balaban J connectivity index is 1.62. The number of aromatic nitrogens is 2. The van der Waals surface area contributed by atoms with Crippen LogP contribution in [0.5, 0.6) is 5.75 Å². The molecule has 11 heteroatoms. The van der Waals surface area contributed by atoms with Crippen LogP contribution in [0.4, 0.5) is 14.5 Å². The first-order valence-corrected chi connectivity index (χ1v) is 12.5. The highest BCUT2D eigenvalue weighted by Crippen LogP contribution is 2.46. The molecule has 1 fully saturated rings. The van der Waals surface area contributed by atoms with E-state index in [1.807, 2.05) is 0 Å². The van der Waals surface area contributed by atoms with Crippen LogP contribution in [0.3, 0.4) is 0 Å². The van der Waals surface area contributed by atoms with Gasteiger partial charge in [0.15, 0.2) is 0 Å². The third-order valence-electron chi connectivity index (χ3n) is 7.42. The van der Waals surface area contributed by atoms with Gasteiger partial charge in [-0.1, -0.05) is 6.07 Å². The van der Waals surface area contributed by atoms with Crippen LogP contribution >= 0.6 is 0 Å². The Morgan fingerprint density at radius 1 is 1.21 bits per heavy atom. The number of hydrogen-bond donors (Lipinski definition) is 3. The summed E-state index contributed by atoms with van der Waals surface area (Å²) in [6.07, 6.45) is 2.38. The molecule has 4 bridgehead atoms. The number of carbonyl (C=O) groups is 2. The average molecular weight is 540 g/mol. The Hall–Kier alpha value is -3.96. The maximum atomic E-state index is 15.0. The molecule has 4 atom stereocenters. The number of esters is 1. The van der Waals surface area contributed by atoms with Gasteiger partial charge in [-0.2, -0.15) is 0 Å². The Morgan fingerprint density at radius 3 is 2.82 bits per heavy atom. The van der Waals surface area contributed by atoms with Gasteiger partial charge < -0.3 is 25.0 Å². The lowest BCUT2D eigenvalue weighted by molar-refractivity contribution is -0.184. The number of hydrogen-bond acceptors (Lipinski definition) is 8. The monoisotopic (exact) mass is 539 g/mol. The van der Waals surface area contributed by atoms with E-state index in [2.05, 4.69) is 15.3 Å². The molecule has 2 aliphatic rings. The second kappa shape index (κ2) is 10.7. The number of carbonyl (C=O) groups excluding carboxylic acids is 2. The van der Waals surface area contributed by atoms with Crippen LogP contribution in [0.15, 0.2) is 48.8 Å². The lowest BCUT2D eigenvalue weighted by atomic mass is 9.66. The predicted molar refractivity (Wildman–Crippen MR) is 135 cm³/mol. The van der Waals surface area contributed by atoms with Gasteiger partial charge in [0.1, 0.15) is 41.0 Å². The molecule has 39 heavy (non-hydrogen) atoms. The van der Waals surface area contributed by atoms with Crippen LogP contribution in [0, 0.1) is 17.6 Å². The van der Waals surface area contributed by atoms with E-state index in [9.17, 15) is 24.2 Å². The molecule has 0 saturated heterocycles. The largest absolute Gasteiger partial charge is 0.493 e. The minimum absolute atomic E-state index is 0.00208. The van der Waals surface area contributed by atoms with Crippen LogP contribution in [0.2, 0.25) is 0 Å². The van der Waals surface area contributed by atoms with Crippen molar-refractivity contribution in [3.05, 3.63) is 71.7 Å². The highest BCUT2D eigenvalue weighted by molar-refractivity contribution is 6.03. The lowest BCUT2D eigenvalue weighted by Crippen LogP contribution is -2.56. The molecule has 0 unspecified atom stereocenters. The first-order valence-electron chi connectivity index (χ1n) is 12.5. The van der Waals surface area contributed by atoms with E-state index < -0.39 is 53.4 Å². The van der Waals surface area contributed by atoms with Crippen molar-refractivity contribution in [2.75, 3.05) is 18.5 Å². The molecule has 1 aliphatic carbocycles. The average Bonchev–Trinajstić information content (AvgIpc) is 2.90. The zero-order valence-corrected chi connectivity index (χ0v) is 21.1. The maximum Gasteiger partial charge on any atom is 0.302 e. The van der Waals surface area contributed by atoms with Crippen molar-refractivity contribution in [2.45, 2.75) is 43.8 Å². The van der Waals surface area contributed by atoms with Crippen molar-refractivity contribution in [1.82, 2.24) is 9.97 Å². The van der Waals surface area contributed by atoms with E-state index in [0.29, 0.717) is 17.7 Å². The summed E-state index contributed by atoms with van der Waals surface area (Å²) < 4.78 is 40.9. The molecular weight excluding hydrogens is 512 g/mol. The molecule has 1 saturated carbocycles. The van der Waals surface area contributed by atoms with Crippen LogP contribution in [-0.4, -0.2) is 57.0 Å². The molecule has 9 nitrogen and oxygen atoms in total. The van der Waals surface area contributed by atoms with Crippen molar-refractivity contribution >= 4 is 17.6 Å². The molecule has 3 N–H and O–H groups in total. The van der Waals surface area contributed by atoms with E-state index in [0.717, 1.165) is 12.1 Å². The summed E-state index contributed by atoms with van der Waals surface area (Å²) in [6, 6.07) is 7.93. The second-order valence-electron chi connectivity index (χ2n) is 9.85. The number of ether oxygens (including phenoxy) is 2. The van der Waals surface area contributed by atoms with Crippen LogP contribution in [0.25, 0.3) is 11.3 Å². The molecule has 1 aliphatic heterocycles. The molecule has 2 aromatic heterocycles. The van der Waals surface area contributed by atoms with Gasteiger partial charge in [-0.05, 0) is 67.0 Å². The zero-order chi connectivity index (χ0) is 27.7. The highest BCUT2D eigenvalue weighted by atomic mass is 19.1. The number of anilines is 1. The van der Waals surface area contributed by atoms with Gasteiger partial charge >= 0.3 is 5.97 Å². The molecular formula is C28H27F2N3O6. The fraction of sp³-hybridized carbons (Fsp3) is 0.357. The normalized spacial score (nSPS) is 24.6. The summed E-state index contributed by atoms with van der Waals surface area (Å²) in [5, 5.41) is 25.4. The number of fused-ring (bicyclic) bond motifs is 8. The van der Waals surface area contributed by atoms with Gasteiger partial charge in [-0.25, -0.2) is 13.8 Å². The van der Waals surface area contributed by atoms with Gasteiger partial charge in [-0.3, -0.25) is 14.6 Å². The number of halogens is 2. The maximum absolute atomic E-state index is 15.0. The number of rotatable bonds is 2. The SMILES string of the molecule is CC(=O)OC[C@]1(O)[C@@H]2CCOc3cccc(F)c3-c3nc(ccc3F)C(=O)Nc3cnccc3[C@@H](C2)C[C@@H]1O. The summed E-state index contributed by atoms with van der Waals surface area (Å²) in [7, 11) is 0. The van der Waals surface area contributed by atoms with Crippen molar-refractivity contribution < 1.29 is 38.1 Å². The Bertz CT molecular complexity index is 1420. The minimum Gasteiger partial charge on any atom is -0.493 e. The third kappa shape index (κ3) is 5.19. The van der Waals surface area contributed by atoms with Crippen LogP contribution < -0.4 is 10.1 Å². The molecule has 3 aromatic rings. The zero-order valence-electron chi connectivity index (χ0n) is 21.1. The molecule has 0 spiro atoms. The van der Waals surface area contributed by atoms with E-state index in [-0.39, 0.29) is 42.4 Å². The molecule has 0 radical (unpaired) electrons. The fourth-order valence-electron chi connectivity index (χ4n) is 5.40. The van der Waals surface area contributed by atoms with E-state index in [4.69, 9.17) is 9.47 Å². The number of pyridine rings is 2. The smallest absolute Gasteiger partial charge is 0.302 e. The topological polar surface area (TPSA) is 131 Å². The number of benzene rings is 1. The molecule has 3 heterocycles. The van der Waals surface area contributed by atoms with Gasteiger partial charge in [0.2, 0.25) is 0 Å². The van der Waals surface area contributed by atoms with Gasteiger partial charge in [-0.15, -0.1) is 0 Å². The highest BCUT2D eigenvalue weighted by Gasteiger charge is 2.50. The summed E-state index contributed by atoms with van der Waals surface area (Å²) in [4.78, 5) is 32.9. The van der Waals surface area contributed by atoms with Gasteiger partial charge in [0.25, 0.3) is 5.91 Å². The van der Waals surface area contributed by atoms with Crippen LogP contribution in [-0.2, 0) is 9.53 Å². The van der Waals surface area contributed by atoms with Crippen molar-refractivity contribution in [3.8, 4) is 17.0 Å². The standard InChI is InChI=1S/C28H27F2N3O6/c1-15(34)39-14-28(37)17-8-10-38-23-4-2-3-19(29)25(23)26-20(30)5-6-21(32-26)27(36)33-22-13-31-9-7-18(22)16(11-17)12-24(28)35/h2-7,9,13,16-17,24,35,37H,8,10-12,14H2,1H3,(H,33,36)/t16-,17+,24-,28-/m0/s1. The van der Waals surface area contributed by atoms with Gasteiger partial charge in [0, 0.05) is 13.1 Å². The molecule has 1 aromatic carbocycles. The quantitative estimate of drug-likeness (QED) is 0.421. The van der Waals surface area contributed by atoms with E-state index in [1.54, 1.807) is 12.3 Å². The second-order valence-corrected chi connectivity index (χ2v) is 9.85. The Labute approximate surface area is 222 Å². The van der Waals surface area contributed by atoms with Gasteiger partial charge in [0.05, 0.1) is 30.2 Å². The number of amides is 1. The molecule has 5 rings (SSSR count). The van der Waals surface area contributed by atoms with Crippen molar-refractivity contribution in [3.63, 3.8) is 0 Å². The third-order valence-corrected chi connectivity index (χ3v) is 7.42. The van der Waals surface area contributed by atoms with Crippen molar-refractivity contribution in [2.24, 2.45) is 5.92 Å². The lowest BCUT2D eigenvalue weighted by Gasteiger charge is -2.46. The fourth-order valence-corrected chi connectivity index (χ4v) is 5.40. The number of nitrogens with one attached hydrogen (secondary N) is 1.